The maximum atomic E-state index is 11.5. The van der Waals surface area contributed by atoms with Gasteiger partial charge in [-0.15, -0.1) is 0 Å². The third kappa shape index (κ3) is 1.54. The van der Waals surface area contributed by atoms with Gasteiger partial charge in [-0.3, -0.25) is 4.79 Å². The molecule has 2 rings (SSSR count). The number of carbonyl (C=O) groups is 1. The largest absolute Gasteiger partial charge is 0.468 e. The quantitative estimate of drug-likeness (QED) is 0.644. The molecule has 0 bridgehead atoms. The zero-order valence-corrected chi connectivity index (χ0v) is 8.95. The van der Waals surface area contributed by atoms with Crippen LogP contribution in [0.5, 0.6) is 0 Å². The maximum Gasteiger partial charge on any atom is 0.323 e. The molecule has 0 radical (unpaired) electrons. The Morgan fingerprint density at radius 3 is 2.57 bits per heavy atom. The van der Waals surface area contributed by atoms with E-state index in [0.717, 1.165) is 0 Å². The zero-order valence-electron chi connectivity index (χ0n) is 8.95. The second-order valence-corrected chi connectivity index (χ2v) is 4.57. The van der Waals surface area contributed by atoms with Crippen molar-refractivity contribution >= 4 is 5.97 Å². The SMILES string of the molecule is COC(=O)C1NC(C)C2CCCCC12. The maximum absolute atomic E-state index is 11.5. The van der Waals surface area contributed by atoms with E-state index in [1.807, 2.05) is 0 Å². The van der Waals surface area contributed by atoms with Crippen molar-refractivity contribution in [1.82, 2.24) is 5.32 Å². The summed E-state index contributed by atoms with van der Waals surface area (Å²) >= 11 is 0. The highest BCUT2D eigenvalue weighted by Crippen LogP contribution is 2.39. The first-order valence-corrected chi connectivity index (χ1v) is 5.58. The first-order valence-electron chi connectivity index (χ1n) is 5.58. The minimum atomic E-state index is -0.0775. The number of carbonyl (C=O) groups excluding carboxylic acids is 1. The third-order valence-electron chi connectivity index (χ3n) is 3.84. The molecular weight excluding hydrogens is 178 g/mol. The van der Waals surface area contributed by atoms with Crippen molar-refractivity contribution in [3.63, 3.8) is 0 Å². The molecule has 1 N–H and O–H groups in total. The van der Waals surface area contributed by atoms with E-state index in [9.17, 15) is 4.79 Å². The second-order valence-electron chi connectivity index (χ2n) is 4.57. The van der Waals surface area contributed by atoms with Crippen molar-refractivity contribution in [2.24, 2.45) is 11.8 Å². The summed E-state index contributed by atoms with van der Waals surface area (Å²) in [5.41, 5.74) is 0. The molecule has 2 fully saturated rings. The summed E-state index contributed by atoms with van der Waals surface area (Å²) in [4.78, 5) is 11.5. The molecule has 2 aliphatic rings. The Morgan fingerprint density at radius 2 is 1.93 bits per heavy atom. The number of hydrogen-bond donors (Lipinski definition) is 1. The van der Waals surface area contributed by atoms with Crippen LogP contribution in [0.2, 0.25) is 0 Å². The van der Waals surface area contributed by atoms with Crippen LogP contribution in [-0.4, -0.2) is 25.2 Å². The molecule has 3 nitrogen and oxygen atoms in total. The van der Waals surface area contributed by atoms with Gasteiger partial charge < -0.3 is 10.1 Å². The van der Waals surface area contributed by atoms with Crippen molar-refractivity contribution in [3.05, 3.63) is 0 Å². The fourth-order valence-electron chi connectivity index (χ4n) is 3.12. The van der Waals surface area contributed by atoms with E-state index in [4.69, 9.17) is 4.74 Å². The predicted molar refractivity (Wildman–Crippen MR) is 53.8 cm³/mol. The lowest BCUT2D eigenvalue weighted by Gasteiger charge is -2.28. The molecule has 0 aromatic heterocycles. The molecule has 4 unspecified atom stereocenters. The Labute approximate surface area is 85.2 Å². The number of ether oxygens (including phenoxy) is 1. The average molecular weight is 197 g/mol. The van der Waals surface area contributed by atoms with Crippen LogP contribution >= 0.6 is 0 Å². The number of fused-ring (bicyclic) bond motifs is 1. The van der Waals surface area contributed by atoms with E-state index in [1.165, 1.54) is 32.8 Å². The Balaban J connectivity index is 2.09. The van der Waals surface area contributed by atoms with Gasteiger partial charge in [0.25, 0.3) is 0 Å². The molecule has 1 saturated carbocycles. The number of esters is 1. The lowest BCUT2D eigenvalue weighted by Crippen LogP contribution is -2.38. The Kier molecular flexibility index (Phi) is 2.77. The molecule has 1 aliphatic heterocycles. The summed E-state index contributed by atoms with van der Waals surface area (Å²) in [6, 6.07) is 0.435. The predicted octanol–water partition coefficient (Wildman–Crippen LogP) is 1.33. The summed E-state index contributed by atoms with van der Waals surface area (Å²) in [5, 5.41) is 3.37. The van der Waals surface area contributed by atoms with E-state index >= 15 is 0 Å². The normalized spacial score (nSPS) is 41.9. The lowest BCUT2D eigenvalue weighted by atomic mass is 9.76. The number of rotatable bonds is 1. The van der Waals surface area contributed by atoms with Crippen molar-refractivity contribution < 1.29 is 9.53 Å². The fourth-order valence-corrected chi connectivity index (χ4v) is 3.12. The molecular formula is C11H19NO2. The highest BCUT2D eigenvalue weighted by atomic mass is 16.5. The van der Waals surface area contributed by atoms with Crippen LogP contribution in [0.25, 0.3) is 0 Å². The van der Waals surface area contributed by atoms with Gasteiger partial charge in [-0.25, -0.2) is 0 Å². The number of nitrogens with one attached hydrogen (secondary N) is 1. The monoisotopic (exact) mass is 197 g/mol. The molecule has 0 amide bonds. The minimum Gasteiger partial charge on any atom is -0.468 e. The Bertz CT molecular complexity index is 229. The van der Waals surface area contributed by atoms with Crippen LogP contribution in [-0.2, 0) is 9.53 Å². The molecule has 80 valence electrons. The molecule has 1 saturated heterocycles. The van der Waals surface area contributed by atoms with Gasteiger partial charge in [0.15, 0.2) is 0 Å². The number of hydrogen-bond acceptors (Lipinski definition) is 3. The summed E-state index contributed by atoms with van der Waals surface area (Å²) in [7, 11) is 1.48. The molecule has 3 heteroatoms. The van der Waals surface area contributed by atoms with E-state index < -0.39 is 0 Å². The van der Waals surface area contributed by atoms with Crippen molar-refractivity contribution in [2.45, 2.75) is 44.7 Å². The first-order chi connectivity index (χ1) is 6.74. The zero-order chi connectivity index (χ0) is 10.1. The van der Waals surface area contributed by atoms with Gasteiger partial charge in [0, 0.05) is 6.04 Å². The van der Waals surface area contributed by atoms with Crippen LogP contribution in [0.3, 0.4) is 0 Å². The standard InChI is InChI=1S/C11H19NO2/c1-7-8-5-3-4-6-9(8)10(12-7)11(13)14-2/h7-10,12H,3-6H2,1-2H3. The van der Waals surface area contributed by atoms with Crippen molar-refractivity contribution in [1.29, 1.82) is 0 Å². The molecule has 0 aromatic rings. The van der Waals surface area contributed by atoms with Crippen molar-refractivity contribution in [3.8, 4) is 0 Å². The highest BCUT2D eigenvalue weighted by molar-refractivity contribution is 5.76. The van der Waals surface area contributed by atoms with Crippen LogP contribution in [0.1, 0.15) is 32.6 Å². The summed E-state index contributed by atoms with van der Waals surface area (Å²) < 4.78 is 4.83. The minimum absolute atomic E-state index is 0.0414. The van der Waals surface area contributed by atoms with Gasteiger partial charge in [0.05, 0.1) is 7.11 Å². The fraction of sp³-hybridized carbons (Fsp3) is 0.909. The molecule has 1 heterocycles. The second kappa shape index (κ2) is 3.89. The van der Waals surface area contributed by atoms with Gasteiger partial charge >= 0.3 is 5.97 Å². The molecule has 0 aromatic carbocycles. The Morgan fingerprint density at radius 1 is 1.29 bits per heavy atom. The molecule has 1 aliphatic carbocycles. The van der Waals surface area contributed by atoms with Gasteiger partial charge in [0.1, 0.15) is 6.04 Å². The summed E-state index contributed by atoms with van der Waals surface area (Å²) in [5.74, 6) is 1.13. The molecule has 4 atom stereocenters. The van der Waals surface area contributed by atoms with Crippen LogP contribution in [0.15, 0.2) is 0 Å². The molecule has 0 spiro atoms. The van der Waals surface area contributed by atoms with Crippen LogP contribution < -0.4 is 5.32 Å². The number of methoxy groups -OCH3 is 1. The van der Waals surface area contributed by atoms with Gasteiger partial charge in [-0.2, -0.15) is 0 Å². The van der Waals surface area contributed by atoms with E-state index in [1.54, 1.807) is 0 Å². The van der Waals surface area contributed by atoms with Gasteiger partial charge in [-0.05, 0) is 31.6 Å². The van der Waals surface area contributed by atoms with Crippen LogP contribution in [0, 0.1) is 11.8 Å². The van der Waals surface area contributed by atoms with Crippen molar-refractivity contribution in [2.75, 3.05) is 7.11 Å². The highest BCUT2D eigenvalue weighted by Gasteiger charge is 2.45. The smallest absolute Gasteiger partial charge is 0.323 e. The van der Waals surface area contributed by atoms with Crippen LogP contribution in [0.4, 0.5) is 0 Å². The summed E-state index contributed by atoms with van der Waals surface area (Å²) in [6.07, 6.45) is 5.04. The molecule has 14 heavy (non-hydrogen) atoms. The van der Waals surface area contributed by atoms with E-state index in [-0.39, 0.29) is 12.0 Å². The third-order valence-corrected chi connectivity index (χ3v) is 3.84. The lowest BCUT2D eigenvalue weighted by molar-refractivity contribution is -0.144. The summed E-state index contributed by atoms with van der Waals surface area (Å²) in [6.45, 7) is 2.19. The van der Waals surface area contributed by atoms with Gasteiger partial charge in [-0.1, -0.05) is 12.8 Å². The van der Waals surface area contributed by atoms with Gasteiger partial charge in [0.2, 0.25) is 0 Å². The van der Waals surface area contributed by atoms with E-state index in [2.05, 4.69) is 12.2 Å². The topological polar surface area (TPSA) is 38.3 Å². The average Bonchev–Trinajstić information content (AvgIpc) is 2.56. The first kappa shape index (κ1) is 9.97. The van der Waals surface area contributed by atoms with E-state index in [0.29, 0.717) is 17.9 Å². The Hall–Kier alpha value is -0.570.